The highest BCUT2D eigenvalue weighted by atomic mass is 16.5. The Morgan fingerprint density at radius 1 is 1.09 bits per heavy atom. The Bertz CT molecular complexity index is 1070. The third kappa shape index (κ3) is 5.20. The minimum atomic E-state index is -1.14. The molecule has 4 rings (SSSR count). The molecule has 0 bridgehead atoms. The molecule has 1 aliphatic rings. The highest BCUT2D eigenvalue weighted by Crippen LogP contribution is 2.26. The normalized spacial score (nSPS) is 16.6. The monoisotopic (exact) mass is 436 g/mol. The Balaban J connectivity index is 1.54. The van der Waals surface area contributed by atoms with Crippen LogP contribution in [-0.4, -0.2) is 50.4 Å². The van der Waals surface area contributed by atoms with E-state index in [-0.39, 0.29) is 17.7 Å². The smallest absolute Gasteiger partial charge is 0.237 e. The highest BCUT2D eigenvalue weighted by Gasteiger charge is 2.23. The van der Waals surface area contributed by atoms with E-state index in [1.807, 2.05) is 0 Å². The molecule has 0 aliphatic carbocycles. The maximum Gasteiger partial charge on any atom is 0.237 e. The standard InChI is InChI=1S/C23H24N4O5/c28-13-21(30)20-11-15(12-25-19-9-10-24-23(19)31)26-22(27-20)14-1-5-17(6-2-14)32-18-7-3-16(29)4-8-18/h1-8,11,19,21,25,28-30H,9-10,12-13H2,(H,24,31)/t19-,21+/m0/s1. The third-order valence-electron chi connectivity index (χ3n) is 5.08. The van der Waals surface area contributed by atoms with Crippen LogP contribution >= 0.6 is 0 Å². The van der Waals surface area contributed by atoms with E-state index in [9.17, 15) is 20.1 Å². The molecule has 1 saturated heterocycles. The van der Waals surface area contributed by atoms with Crippen molar-refractivity contribution in [2.75, 3.05) is 13.2 Å². The first-order chi connectivity index (χ1) is 15.5. The molecule has 1 amide bonds. The Labute approximate surface area is 184 Å². The Hall–Kier alpha value is -3.53. The van der Waals surface area contributed by atoms with Crippen LogP contribution < -0.4 is 15.4 Å². The lowest BCUT2D eigenvalue weighted by atomic mass is 10.1. The average molecular weight is 436 g/mol. The summed E-state index contributed by atoms with van der Waals surface area (Å²) in [5, 5.41) is 34.8. The van der Waals surface area contributed by atoms with Crippen molar-refractivity contribution in [3.8, 4) is 28.6 Å². The predicted octanol–water partition coefficient (Wildman–Crippen LogP) is 1.65. The van der Waals surface area contributed by atoms with Crippen molar-refractivity contribution in [1.29, 1.82) is 0 Å². The maximum atomic E-state index is 11.8. The number of aliphatic hydroxyl groups is 2. The molecule has 2 atom stereocenters. The molecule has 0 saturated carbocycles. The van der Waals surface area contributed by atoms with Gasteiger partial charge in [0.1, 0.15) is 23.4 Å². The van der Waals surface area contributed by atoms with Gasteiger partial charge in [-0.15, -0.1) is 0 Å². The first-order valence-electron chi connectivity index (χ1n) is 10.3. The van der Waals surface area contributed by atoms with Crippen molar-refractivity contribution in [3.63, 3.8) is 0 Å². The van der Waals surface area contributed by atoms with Gasteiger partial charge in [0.15, 0.2) is 5.82 Å². The molecule has 1 fully saturated rings. The zero-order valence-corrected chi connectivity index (χ0v) is 17.2. The lowest BCUT2D eigenvalue weighted by Crippen LogP contribution is -2.36. The van der Waals surface area contributed by atoms with Gasteiger partial charge < -0.3 is 30.7 Å². The summed E-state index contributed by atoms with van der Waals surface area (Å²) in [5.41, 5.74) is 1.60. The van der Waals surface area contributed by atoms with Crippen molar-refractivity contribution in [2.45, 2.75) is 25.1 Å². The van der Waals surface area contributed by atoms with E-state index in [0.29, 0.717) is 53.8 Å². The molecule has 0 spiro atoms. The molecular weight excluding hydrogens is 412 g/mol. The van der Waals surface area contributed by atoms with Crippen LogP contribution in [0.5, 0.6) is 17.2 Å². The molecule has 9 nitrogen and oxygen atoms in total. The van der Waals surface area contributed by atoms with E-state index in [1.165, 1.54) is 0 Å². The van der Waals surface area contributed by atoms with Gasteiger partial charge in [-0.25, -0.2) is 9.97 Å². The van der Waals surface area contributed by atoms with Gasteiger partial charge in [0, 0.05) is 18.7 Å². The molecular formula is C23H24N4O5. The second kappa shape index (κ2) is 9.73. The number of hydrogen-bond acceptors (Lipinski definition) is 8. The number of aliphatic hydroxyl groups excluding tert-OH is 2. The number of aromatic nitrogens is 2. The molecule has 5 N–H and O–H groups in total. The highest BCUT2D eigenvalue weighted by molar-refractivity contribution is 5.83. The number of nitrogens with zero attached hydrogens (tertiary/aromatic N) is 2. The number of amides is 1. The fourth-order valence-electron chi connectivity index (χ4n) is 3.34. The summed E-state index contributed by atoms with van der Waals surface area (Å²) < 4.78 is 5.76. The van der Waals surface area contributed by atoms with Crippen LogP contribution in [0.15, 0.2) is 54.6 Å². The van der Waals surface area contributed by atoms with Gasteiger partial charge in [-0.3, -0.25) is 4.79 Å². The summed E-state index contributed by atoms with van der Waals surface area (Å²) in [6.45, 7) is 0.493. The van der Waals surface area contributed by atoms with E-state index in [1.54, 1.807) is 54.6 Å². The van der Waals surface area contributed by atoms with Gasteiger partial charge in [0.2, 0.25) is 5.91 Å². The van der Waals surface area contributed by atoms with Gasteiger partial charge in [0.25, 0.3) is 0 Å². The van der Waals surface area contributed by atoms with Crippen molar-refractivity contribution < 1.29 is 24.9 Å². The lowest BCUT2D eigenvalue weighted by Gasteiger charge is -2.14. The molecule has 3 aromatic rings. The van der Waals surface area contributed by atoms with Crippen LogP contribution in [0.25, 0.3) is 11.4 Å². The maximum absolute atomic E-state index is 11.8. The molecule has 0 radical (unpaired) electrons. The SMILES string of the molecule is O=C1NCC[C@@H]1NCc1cc([C@H](O)CO)nc(-c2ccc(Oc3ccc(O)cc3)cc2)n1. The number of aromatic hydroxyl groups is 1. The lowest BCUT2D eigenvalue weighted by molar-refractivity contribution is -0.120. The van der Waals surface area contributed by atoms with Gasteiger partial charge in [-0.05, 0) is 61.0 Å². The van der Waals surface area contributed by atoms with Gasteiger partial charge in [-0.1, -0.05) is 0 Å². The molecule has 1 aliphatic heterocycles. The number of phenols is 1. The fourth-order valence-corrected chi connectivity index (χ4v) is 3.34. The van der Waals surface area contributed by atoms with Crippen LogP contribution in [0.1, 0.15) is 23.9 Å². The first kappa shape index (κ1) is 21.7. The number of rotatable bonds is 8. The van der Waals surface area contributed by atoms with Crippen LogP contribution in [0.4, 0.5) is 0 Å². The van der Waals surface area contributed by atoms with E-state index >= 15 is 0 Å². The number of phenolic OH excluding ortho intramolecular Hbond substituents is 1. The van der Waals surface area contributed by atoms with Crippen LogP contribution in [-0.2, 0) is 11.3 Å². The fraction of sp³-hybridized carbons (Fsp3) is 0.261. The minimum Gasteiger partial charge on any atom is -0.508 e. The zero-order valence-electron chi connectivity index (χ0n) is 17.2. The molecule has 1 aromatic heterocycles. The van der Waals surface area contributed by atoms with E-state index in [0.717, 1.165) is 0 Å². The zero-order chi connectivity index (χ0) is 22.5. The number of carbonyl (C=O) groups excluding carboxylic acids is 1. The molecule has 166 valence electrons. The van der Waals surface area contributed by atoms with Gasteiger partial charge in [-0.2, -0.15) is 0 Å². The summed E-state index contributed by atoms with van der Waals surface area (Å²) in [7, 11) is 0. The molecule has 32 heavy (non-hydrogen) atoms. The molecule has 2 heterocycles. The Kier molecular flexibility index (Phi) is 6.60. The molecule has 9 heteroatoms. The number of nitrogens with one attached hydrogen (secondary N) is 2. The Morgan fingerprint density at radius 2 is 1.78 bits per heavy atom. The van der Waals surface area contributed by atoms with E-state index in [2.05, 4.69) is 20.6 Å². The average Bonchev–Trinajstić information content (AvgIpc) is 3.23. The van der Waals surface area contributed by atoms with Crippen molar-refractivity contribution in [2.24, 2.45) is 0 Å². The van der Waals surface area contributed by atoms with Crippen LogP contribution in [0.3, 0.4) is 0 Å². The summed E-state index contributed by atoms with van der Waals surface area (Å²) in [6.07, 6.45) is -0.437. The summed E-state index contributed by atoms with van der Waals surface area (Å²) in [6, 6.07) is 14.9. The second-order valence-corrected chi connectivity index (χ2v) is 7.44. The van der Waals surface area contributed by atoms with E-state index in [4.69, 9.17) is 4.74 Å². The predicted molar refractivity (Wildman–Crippen MR) is 116 cm³/mol. The second-order valence-electron chi connectivity index (χ2n) is 7.44. The van der Waals surface area contributed by atoms with E-state index < -0.39 is 12.7 Å². The first-order valence-corrected chi connectivity index (χ1v) is 10.3. The number of ether oxygens (including phenoxy) is 1. The van der Waals surface area contributed by atoms with Crippen molar-refractivity contribution in [1.82, 2.24) is 20.6 Å². The van der Waals surface area contributed by atoms with Crippen LogP contribution in [0.2, 0.25) is 0 Å². The number of hydrogen-bond donors (Lipinski definition) is 5. The largest absolute Gasteiger partial charge is 0.508 e. The molecule has 2 aromatic carbocycles. The number of carbonyl (C=O) groups is 1. The van der Waals surface area contributed by atoms with Gasteiger partial charge in [0.05, 0.1) is 24.0 Å². The number of benzene rings is 2. The Morgan fingerprint density at radius 3 is 2.41 bits per heavy atom. The summed E-state index contributed by atoms with van der Waals surface area (Å²) in [4.78, 5) is 20.7. The van der Waals surface area contributed by atoms with Crippen LogP contribution in [0, 0.1) is 0 Å². The van der Waals surface area contributed by atoms with Crippen molar-refractivity contribution >= 4 is 5.91 Å². The quantitative estimate of drug-likeness (QED) is 0.360. The topological polar surface area (TPSA) is 137 Å². The van der Waals surface area contributed by atoms with Crippen molar-refractivity contribution in [3.05, 3.63) is 66.0 Å². The minimum absolute atomic E-state index is 0.0425. The summed E-state index contributed by atoms with van der Waals surface area (Å²) >= 11 is 0. The summed E-state index contributed by atoms with van der Waals surface area (Å²) in [5.74, 6) is 1.69. The third-order valence-corrected chi connectivity index (χ3v) is 5.08. The van der Waals surface area contributed by atoms with Gasteiger partial charge >= 0.3 is 0 Å². The molecule has 0 unspecified atom stereocenters.